The number of carbonyl (C=O) groups is 1. The maximum atomic E-state index is 12.8. The lowest BCUT2D eigenvalue weighted by Gasteiger charge is -2.07. The lowest BCUT2D eigenvalue weighted by Crippen LogP contribution is -2.15. The van der Waals surface area contributed by atoms with Crippen LogP contribution in [0.5, 0.6) is 5.75 Å². The number of thiophene rings is 1. The van der Waals surface area contributed by atoms with E-state index in [1.165, 1.54) is 11.3 Å². The number of aryl methyl sites for hydroxylation is 1. The number of aromatic hydroxyl groups is 1. The van der Waals surface area contributed by atoms with E-state index in [-0.39, 0.29) is 33.6 Å². The SMILES string of the molecule is Cc1sc2nc(SCC(=O)Nc3cc([N+](=O)[O-])ccc3O)[nH]c(=O)c2c1-c1ccccc1. The quantitative estimate of drug-likeness (QED) is 0.126. The predicted molar refractivity (Wildman–Crippen MR) is 125 cm³/mol. The van der Waals surface area contributed by atoms with Crippen LogP contribution in [0.25, 0.3) is 21.3 Å². The van der Waals surface area contributed by atoms with E-state index in [0.717, 1.165) is 46.0 Å². The molecule has 0 aliphatic carbocycles. The van der Waals surface area contributed by atoms with Crippen LogP contribution in [0, 0.1) is 17.0 Å². The number of aromatic amines is 1. The van der Waals surface area contributed by atoms with Crippen molar-refractivity contribution < 1.29 is 14.8 Å². The monoisotopic (exact) mass is 468 g/mol. The van der Waals surface area contributed by atoms with Gasteiger partial charge in [-0.25, -0.2) is 4.98 Å². The molecule has 162 valence electrons. The number of phenols is 1. The van der Waals surface area contributed by atoms with Gasteiger partial charge in [0.1, 0.15) is 10.6 Å². The average molecular weight is 469 g/mol. The molecular formula is C21H16N4O5S2. The second-order valence-electron chi connectivity index (χ2n) is 6.75. The highest BCUT2D eigenvalue weighted by atomic mass is 32.2. The Balaban J connectivity index is 1.53. The zero-order chi connectivity index (χ0) is 22.8. The minimum Gasteiger partial charge on any atom is -0.506 e. The fourth-order valence-corrected chi connectivity index (χ4v) is 4.94. The molecule has 0 aliphatic rings. The van der Waals surface area contributed by atoms with Crippen molar-refractivity contribution in [3.05, 3.63) is 73.9 Å². The van der Waals surface area contributed by atoms with Crippen LogP contribution in [0.3, 0.4) is 0 Å². The third-order valence-electron chi connectivity index (χ3n) is 4.58. The number of nitrogens with one attached hydrogen (secondary N) is 2. The van der Waals surface area contributed by atoms with Gasteiger partial charge in [-0.2, -0.15) is 0 Å². The van der Waals surface area contributed by atoms with Gasteiger partial charge < -0.3 is 15.4 Å². The minimum atomic E-state index is -0.625. The predicted octanol–water partition coefficient (Wildman–Crippen LogP) is 4.30. The summed E-state index contributed by atoms with van der Waals surface area (Å²) in [6, 6.07) is 12.9. The first kappa shape index (κ1) is 21.5. The van der Waals surface area contributed by atoms with Gasteiger partial charge >= 0.3 is 0 Å². The van der Waals surface area contributed by atoms with Crippen LogP contribution < -0.4 is 10.9 Å². The Kier molecular flexibility index (Phi) is 5.93. The van der Waals surface area contributed by atoms with Gasteiger partial charge in [0.2, 0.25) is 5.91 Å². The highest BCUT2D eigenvalue weighted by molar-refractivity contribution is 7.99. The second-order valence-corrected chi connectivity index (χ2v) is 8.91. The number of amides is 1. The van der Waals surface area contributed by atoms with Crippen molar-refractivity contribution in [2.45, 2.75) is 12.1 Å². The Morgan fingerprint density at radius 1 is 1.28 bits per heavy atom. The number of nitro groups is 1. The second kappa shape index (κ2) is 8.81. The van der Waals surface area contributed by atoms with Crippen LogP contribution >= 0.6 is 23.1 Å². The number of hydrogen-bond acceptors (Lipinski definition) is 8. The van der Waals surface area contributed by atoms with Crippen molar-refractivity contribution in [2.24, 2.45) is 0 Å². The van der Waals surface area contributed by atoms with Gasteiger partial charge in [-0.15, -0.1) is 11.3 Å². The van der Waals surface area contributed by atoms with Gasteiger partial charge in [0.15, 0.2) is 5.16 Å². The number of hydrogen-bond donors (Lipinski definition) is 3. The summed E-state index contributed by atoms with van der Waals surface area (Å²) in [5.74, 6) is -0.919. The summed E-state index contributed by atoms with van der Waals surface area (Å²) in [6.07, 6.45) is 0. The van der Waals surface area contributed by atoms with Gasteiger partial charge in [-0.1, -0.05) is 42.1 Å². The molecule has 9 nitrogen and oxygen atoms in total. The molecule has 0 unspecified atom stereocenters. The van der Waals surface area contributed by atoms with E-state index in [0.29, 0.717) is 10.2 Å². The van der Waals surface area contributed by atoms with Crippen molar-refractivity contribution >= 4 is 50.6 Å². The number of carbonyl (C=O) groups excluding carboxylic acids is 1. The Morgan fingerprint density at radius 2 is 2.03 bits per heavy atom. The molecular weight excluding hydrogens is 452 g/mol. The van der Waals surface area contributed by atoms with E-state index in [9.17, 15) is 24.8 Å². The van der Waals surface area contributed by atoms with Gasteiger partial charge in [0.05, 0.1) is 21.7 Å². The maximum Gasteiger partial charge on any atom is 0.271 e. The maximum absolute atomic E-state index is 12.8. The van der Waals surface area contributed by atoms with E-state index in [4.69, 9.17) is 0 Å². The first-order valence-electron chi connectivity index (χ1n) is 9.32. The van der Waals surface area contributed by atoms with Crippen LogP contribution in [0.2, 0.25) is 0 Å². The molecule has 0 aliphatic heterocycles. The number of nitro benzene ring substituents is 1. The molecule has 2 heterocycles. The molecule has 2 aromatic carbocycles. The molecule has 3 N–H and O–H groups in total. The number of benzene rings is 2. The summed E-state index contributed by atoms with van der Waals surface area (Å²) >= 11 is 2.42. The largest absolute Gasteiger partial charge is 0.506 e. The average Bonchev–Trinajstić information content (AvgIpc) is 3.10. The molecule has 0 spiro atoms. The molecule has 0 atom stereocenters. The number of H-pyrrole nitrogens is 1. The molecule has 4 aromatic rings. The van der Waals surface area contributed by atoms with E-state index >= 15 is 0 Å². The van der Waals surface area contributed by atoms with Crippen molar-refractivity contribution in [3.63, 3.8) is 0 Å². The number of rotatable bonds is 6. The van der Waals surface area contributed by atoms with Gasteiger partial charge in [-0.3, -0.25) is 19.7 Å². The lowest BCUT2D eigenvalue weighted by molar-refractivity contribution is -0.384. The summed E-state index contributed by atoms with van der Waals surface area (Å²) < 4.78 is 0. The zero-order valence-electron chi connectivity index (χ0n) is 16.6. The highest BCUT2D eigenvalue weighted by Gasteiger charge is 2.18. The third kappa shape index (κ3) is 4.34. The van der Waals surface area contributed by atoms with Crippen molar-refractivity contribution in [1.29, 1.82) is 0 Å². The van der Waals surface area contributed by atoms with Crippen molar-refractivity contribution in [2.75, 3.05) is 11.1 Å². The fourth-order valence-electron chi connectivity index (χ4n) is 3.18. The lowest BCUT2D eigenvalue weighted by atomic mass is 10.0. The molecule has 0 radical (unpaired) electrons. The molecule has 4 rings (SSSR count). The Bertz CT molecular complexity index is 1400. The van der Waals surface area contributed by atoms with E-state index in [1.54, 1.807) is 0 Å². The van der Waals surface area contributed by atoms with Crippen LogP contribution in [0.15, 0.2) is 58.5 Å². The fraction of sp³-hybridized carbons (Fsp3) is 0.0952. The summed E-state index contributed by atoms with van der Waals surface area (Å²) in [5, 5.41) is 23.9. The molecule has 0 saturated carbocycles. The van der Waals surface area contributed by atoms with E-state index < -0.39 is 10.8 Å². The molecule has 2 aromatic heterocycles. The van der Waals surface area contributed by atoms with E-state index in [1.807, 2.05) is 37.3 Å². The molecule has 0 bridgehead atoms. The molecule has 32 heavy (non-hydrogen) atoms. The van der Waals surface area contributed by atoms with Crippen molar-refractivity contribution in [3.8, 4) is 16.9 Å². The first-order valence-corrected chi connectivity index (χ1v) is 11.1. The van der Waals surface area contributed by atoms with Gasteiger partial charge in [0, 0.05) is 22.6 Å². The van der Waals surface area contributed by atoms with Crippen LogP contribution in [0.4, 0.5) is 11.4 Å². The first-order chi connectivity index (χ1) is 15.3. The van der Waals surface area contributed by atoms with Crippen molar-refractivity contribution in [1.82, 2.24) is 9.97 Å². The molecule has 1 amide bonds. The Labute approximate surface area is 189 Å². The summed E-state index contributed by atoms with van der Waals surface area (Å²) in [7, 11) is 0. The third-order valence-corrected chi connectivity index (χ3v) is 6.46. The van der Waals surface area contributed by atoms with Gasteiger partial charge in [0.25, 0.3) is 11.2 Å². The number of thioether (sulfide) groups is 1. The summed E-state index contributed by atoms with van der Waals surface area (Å²) in [5.41, 5.74) is 1.15. The van der Waals surface area contributed by atoms with Crippen LogP contribution in [-0.4, -0.2) is 31.7 Å². The smallest absolute Gasteiger partial charge is 0.271 e. The highest BCUT2D eigenvalue weighted by Crippen LogP contribution is 2.36. The standard InChI is InChI=1S/C21H16N4O5S2/c1-11-17(12-5-3-2-4-6-12)18-19(28)23-21(24-20(18)32-11)31-10-16(27)22-14-9-13(25(29)30)7-8-15(14)26/h2-9,26H,10H2,1H3,(H,22,27)(H,23,24,28). The Hall–Kier alpha value is -3.70. The molecule has 0 fully saturated rings. The number of nitrogens with zero attached hydrogens (tertiary/aromatic N) is 2. The van der Waals surface area contributed by atoms with Gasteiger partial charge in [-0.05, 0) is 18.6 Å². The van der Waals surface area contributed by atoms with E-state index in [2.05, 4.69) is 15.3 Å². The Morgan fingerprint density at radius 3 is 2.75 bits per heavy atom. The normalized spacial score (nSPS) is 10.9. The number of non-ortho nitro benzene ring substituents is 1. The number of anilines is 1. The van der Waals surface area contributed by atoms with Crippen LogP contribution in [-0.2, 0) is 4.79 Å². The number of phenolic OH excluding ortho intramolecular Hbond substituents is 1. The topological polar surface area (TPSA) is 138 Å². The minimum absolute atomic E-state index is 0.0666. The van der Waals surface area contributed by atoms with Crippen LogP contribution in [0.1, 0.15) is 4.88 Å². The molecule has 0 saturated heterocycles. The number of fused-ring (bicyclic) bond motifs is 1. The molecule has 11 heteroatoms. The number of aromatic nitrogens is 2. The summed E-state index contributed by atoms with van der Waals surface area (Å²) in [6.45, 7) is 1.93. The zero-order valence-corrected chi connectivity index (χ0v) is 18.3. The summed E-state index contributed by atoms with van der Waals surface area (Å²) in [4.78, 5) is 44.1.